The Labute approximate surface area is 157 Å². The summed E-state index contributed by atoms with van der Waals surface area (Å²) >= 11 is 0. The first kappa shape index (κ1) is 17.7. The van der Waals surface area contributed by atoms with Crippen LogP contribution < -0.4 is 0 Å². The van der Waals surface area contributed by atoms with Crippen LogP contribution in [0.15, 0.2) is 59.1 Å². The normalized spacial score (nSPS) is 19.7. The Bertz CT molecular complexity index is 1060. The summed E-state index contributed by atoms with van der Waals surface area (Å²) in [5.41, 5.74) is 2.01. The molecule has 4 rings (SSSR count). The molecule has 0 aliphatic carbocycles. The number of carbonyl (C=O) groups is 1. The van der Waals surface area contributed by atoms with Gasteiger partial charge in [-0.05, 0) is 24.1 Å². The van der Waals surface area contributed by atoms with Crippen LogP contribution in [0.3, 0.4) is 0 Å². The van der Waals surface area contributed by atoms with Gasteiger partial charge in [0.15, 0.2) is 15.4 Å². The van der Waals surface area contributed by atoms with Gasteiger partial charge in [-0.1, -0.05) is 47.6 Å². The van der Waals surface area contributed by atoms with Gasteiger partial charge in [-0.25, -0.2) is 8.42 Å². The first-order valence-electron chi connectivity index (χ1n) is 8.92. The molecule has 2 heterocycles. The molecule has 7 heteroatoms. The van der Waals surface area contributed by atoms with Crippen molar-refractivity contribution in [2.75, 3.05) is 18.8 Å². The molecule has 1 saturated heterocycles. The Morgan fingerprint density at radius 3 is 2.63 bits per heavy atom. The van der Waals surface area contributed by atoms with Crippen LogP contribution in [0.5, 0.6) is 0 Å². The highest BCUT2D eigenvalue weighted by atomic mass is 32.2. The lowest BCUT2D eigenvalue weighted by Crippen LogP contribution is -2.34. The summed E-state index contributed by atoms with van der Waals surface area (Å²) in [6.45, 7) is 0.619. The summed E-state index contributed by atoms with van der Waals surface area (Å²) in [6.07, 6.45) is 0.505. The van der Waals surface area contributed by atoms with Crippen LogP contribution in [0, 0.1) is 0 Å². The van der Waals surface area contributed by atoms with Crippen molar-refractivity contribution in [1.82, 2.24) is 10.1 Å². The number of rotatable bonds is 3. The van der Waals surface area contributed by atoms with E-state index in [-0.39, 0.29) is 24.6 Å². The van der Waals surface area contributed by atoms with Gasteiger partial charge in [0, 0.05) is 18.5 Å². The molecule has 0 N–H and O–H groups in total. The van der Waals surface area contributed by atoms with E-state index in [1.807, 2.05) is 48.5 Å². The van der Waals surface area contributed by atoms with Crippen molar-refractivity contribution >= 4 is 26.7 Å². The fourth-order valence-corrected chi connectivity index (χ4v) is 5.35. The number of amides is 1. The first-order valence-corrected chi connectivity index (χ1v) is 10.6. The predicted molar refractivity (Wildman–Crippen MR) is 102 cm³/mol. The summed E-state index contributed by atoms with van der Waals surface area (Å²) in [5, 5.41) is 4.25. The minimum absolute atomic E-state index is 0.0299. The minimum atomic E-state index is -3.30. The van der Waals surface area contributed by atoms with E-state index in [4.69, 9.17) is 4.52 Å². The Hall–Kier alpha value is -2.67. The van der Waals surface area contributed by atoms with E-state index in [0.717, 1.165) is 10.9 Å². The van der Waals surface area contributed by atoms with Crippen LogP contribution in [0.25, 0.3) is 11.0 Å². The van der Waals surface area contributed by atoms with Crippen LogP contribution in [-0.2, 0) is 21.1 Å². The highest BCUT2D eigenvalue weighted by molar-refractivity contribution is 7.91. The first-order chi connectivity index (χ1) is 13.0. The standard InChI is InChI=1S/C20H20N2O4S/c23-20(14-17-16-8-4-5-9-18(16)26-21-17)22-11-10-19(27(24,25)13-12-22)15-6-2-1-3-7-15/h1-9,19H,10-14H2. The van der Waals surface area contributed by atoms with E-state index in [1.165, 1.54) is 0 Å². The van der Waals surface area contributed by atoms with Crippen LogP contribution in [0.4, 0.5) is 0 Å². The average molecular weight is 384 g/mol. The zero-order valence-electron chi connectivity index (χ0n) is 14.7. The van der Waals surface area contributed by atoms with Crippen molar-refractivity contribution in [3.63, 3.8) is 0 Å². The van der Waals surface area contributed by atoms with Gasteiger partial charge in [-0.2, -0.15) is 0 Å². The Kier molecular flexibility index (Phi) is 4.70. The second-order valence-electron chi connectivity index (χ2n) is 6.74. The largest absolute Gasteiger partial charge is 0.356 e. The van der Waals surface area contributed by atoms with Gasteiger partial charge in [0.25, 0.3) is 0 Å². The SMILES string of the molecule is O=C(Cc1noc2ccccc12)N1CCC(c2ccccc2)S(=O)(=O)CC1. The molecular weight excluding hydrogens is 364 g/mol. The highest BCUT2D eigenvalue weighted by Crippen LogP contribution is 2.29. The summed E-state index contributed by atoms with van der Waals surface area (Å²) in [7, 11) is -3.30. The van der Waals surface area contributed by atoms with E-state index < -0.39 is 15.1 Å². The van der Waals surface area contributed by atoms with Crippen molar-refractivity contribution in [3.05, 3.63) is 65.9 Å². The van der Waals surface area contributed by atoms with Crippen molar-refractivity contribution in [2.45, 2.75) is 18.1 Å². The molecule has 140 valence electrons. The topological polar surface area (TPSA) is 80.5 Å². The van der Waals surface area contributed by atoms with Gasteiger partial charge < -0.3 is 9.42 Å². The Balaban J connectivity index is 1.51. The number of hydrogen-bond donors (Lipinski definition) is 0. The van der Waals surface area contributed by atoms with Crippen LogP contribution >= 0.6 is 0 Å². The lowest BCUT2D eigenvalue weighted by molar-refractivity contribution is -0.130. The number of para-hydroxylation sites is 1. The lowest BCUT2D eigenvalue weighted by Gasteiger charge is -2.19. The number of hydrogen-bond acceptors (Lipinski definition) is 5. The van der Waals surface area contributed by atoms with E-state index in [2.05, 4.69) is 5.16 Å². The van der Waals surface area contributed by atoms with Crippen molar-refractivity contribution in [1.29, 1.82) is 0 Å². The number of sulfone groups is 1. The van der Waals surface area contributed by atoms with Crippen LogP contribution in [0.2, 0.25) is 0 Å². The maximum absolute atomic E-state index is 12.8. The van der Waals surface area contributed by atoms with Gasteiger partial charge in [0.05, 0.1) is 17.4 Å². The van der Waals surface area contributed by atoms with E-state index >= 15 is 0 Å². The molecule has 1 aliphatic heterocycles. The van der Waals surface area contributed by atoms with Crippen molar-refractivity contribution < 1.29 is 17.7 Å². The number of nitrogens with zero attached hydrogens (tertiary/aromatic N) is 2. The molecule has 1 aromatic heterocycles. The summed E-state index contributed by atoms with van der Waals surface area (Å²) in [6, 6.07) is 16.6. The molecule has 6 nitrogen and oxygen atoms in total. The molecule has 0 radical (unpaired) electrons. The van der Waals surface area contributed by atoms with E-state index in [9.17, 15) is 13.2 Å². The van der Waals surface area contributed by atoms with Gasteiger partial charge in [0.1, 0.15) is 5.69 Å². The summed E-state index contributed by atoms with van der Waals surface area (Å²) in [5.74, 6) is -0.157. The zero-order valence-corrected chi connectivity index (χ0v) is 15.6. The summed E-state index contributed by atoms with van der Waals surface area (Å²) in [4.78, 5) is 14.4. The van der Waals surface area contributed by atoms with E-state index in [0.29, 0.717) is 24.2 Å². The van der Waals surface area contributed by atoms with Gasteiger partial charge in [-0.3, -0.25) is 4.79 Å². The molecule has 1 amide bonds. The molecule has 27 heavy (non-hydrogen) atoms. The quantitative estimate of drug-likeness (QED) is 0.694. The van der Waals surface area contributed by atoms with Gasteiger partial charge in [0.2, 0.25) is 5.91 Å². The molecule has 1 aliphatic rings. The fourth-order valence-electron chi connectivity index (χ4n) is 3.56. The molecule has 2 aromatic carbocycles. The maximum Gasteiger partial charge on any atom is 0.228 e. The van der Waals surface area contributed by atoms with E-state index in [1.54, 1.807) is 11.0 Å². The zero-order chi connectivity index (χ0) is 18.9. The van der Waals surface area contributed by atoms with Crippen LogP contribution in [-0.4, -0.2) is 43.2 Å². The van der Waals surface area contributed by atoms with Crippen molar-refractivity contribution in [3.8, 4) is 0 Å². The van der Waals surface area contributed by atoms with Gasteiger partial charge >= 0.3 is 0 Å². The molecule has 1 unspecified atom stereocenters. The fraction of sp³-hybridized carbons (Fsp3) is 0.300. The lowest BCUT2D eigenvalue weighted by atomic mass is 10.1. The maximum atomic E-state index is 12.8. The molecule has 0 bridgehead atoms. The molecule has 3 aromatic rings. The smallest absolute Gasteiger partial charge is 0.228 e. The third-order valence-electron chi connectivity index (χ3n) is 5.04. The average Bonchev–Trinajstić information content (AvgIpc) is 3.00. The Morgan fingerprint density at radius 1 is 1.07 bits per heavy atom. The molecule has 1 atom stereocenters. The third kappa shape index (κ3) is 3.60. The molecule has 1 fully saturated rings. The molecule has 0 saturated carbocycles. The molecular formula is C20H20N2O4S. The number of benzene rings is 2. The van der Waals surface area contributed by atoms with Crippen molar-refractivity contribution in [2.24, 2.45) is 0 Å². The predicted octanol–water partition coefficient (Wildman–Crippen LogP) is 2.76. The third-order valence-corrected chi connectivity index (χ3v) is 7.16. The minimum Gasteiger partial charge on any atom is -0.356 e. The Morgan fingerprint density at radius 2 is 1.81 bits per heavy atom. The highest BCUT2D eigenvalue weighted by Gasteiger charge is 2.32. The monoisotopic (exact) mass is 384 g/mol. The second-order valence-corrected chi connectivity index (χ2v) is 9.04. The number of carbonyl (C=O) groups excluding carboxylic acids is 1. The summed E-state index contributed by atoms with van der Waals surface area (Å²) < 4.78 is 30.6. The number of fused-ring (bicyclic) bond motifs is 1. The second kappa shape index (κ2) is 7.15. The molecule has 0 spiro atoms. The van der Waals surface area contributed by atoms with Gasteiger partial charge in [-0.15, -0.1) is 0 Å². The van der Waals surface area contributed by atoms with Crippen LogP contribution in [0.1, 0.15) is 22.9 Å². The number of aromatic nitrogens is 1.